The fourth-order valence-corrected chi connectivity index (χ4v) is 4.65. The number of quaternary nitrogens is 1. The molecule has 2 aromatic rings. The van der Waals surface area contributed by atoms with Crippen LogP contribution in [-0.4, -0.2) is 57.0 Å². The molecule has 1 fully saturated rings. The highest BCUT2D eigenvalue weighted by molar-refractivity contribution is 7.89. The van der Waals surface area contributed by atoms with E-state index in [1.165, 1.54) is 33.5 Å². The Morgan fingerprint density at radius 2 is 1.68 bits per heavy atom. The number of hydrogen-bond acceptors (Lipinski definition) is 5. The van der Waals surface area contributed by atoms with Crippen molar-refractivity contribution < 1.29 is 23.0 Å². The van der Waals surface area contributed by atoms with Gasteiger partial charge < -0.3 is 9.64 Å². The molecule has 0 spiro atoms. The van der Waals surface area contributed by atoms with Gasteiger partial charge in [0.25, 0.3) is 5.69 Å². The minimum absolute atomic E-state index is 0.0952. The molecule has 28 heavy (non-hydrogen) atoms. The highest BCUT2D eigenvalue weighted by Gasteiger charge is 2.30. The van der Waals surface area contributed by atoms with E-state index in [0.717, 1.165) is 31.8 Å². The van der Waals surface area contributed by atoms with Gasteiger partial charge in [-0.15, -0.1) is 0 Å². The fraction of sp³-hybridized carbons (Fsp3) is 0.368. The summed E-state index contributed by atoms with van der Waals surface area (Å²) in [5.74, 6) is 0.858. The molecule has 0 saturated carbocycles. The molecular formula is C19H24N3O5S+. The molecule has 2 aromatic carbocycles. The van der Waals surface area contributed by atoms with Crippen molar-refractivity contribution in [3.05, 3.63) is 64.7 Å². The van der Waals surface area contributed by atoms with Crippen molar-refractivity contribution in [3.8, 4) is 5.75 Å². The summed E-state index contributed by atoms with van der Waals surface area (Å²) in [4.78, 5) is 11.6. The summed E-state index contributed by atoms with van der Waals surface area (Å²) < 4.78 is 32.6. The van der Waals surface area contributed by atoms with Gasteiger partial charge in [-0.25, -0.2) is 8.42 Å². The summed E-state index contributed by atoms with van der Waals surface area (Å²) in [7, 11) is -3.62. The van der Waals surface area contributed by atoms with E-state index in [2.05, 4.69) is 0 Å². The van der Waals surface area contributed by atoms with Crippen molar-refractivity contribution in [2.75, 3.05) is 39.3 Å². The summed E-state index contributed by atoms with van der Waals surface area (Å²) >= 11 is 0. The molecular weight excluding hydrogens is 382 g/mol. The Morgan fingerprint density at radius 1 is 1.04 bits per heavy atom. The van der Waals surface area contributed by atoms with Crippen LogP contribution in [0.4, 0.5) is 5.69 Å². The zero-order chi connectivity index (χ0) is 20.0. The quantitative estimate of drug-likeness (QED) is 0.400. The molecule has 1 saturated heterocycles. The van der Waals surface area contributed by atoms with Gasteiger partial charge in [-0.1, -0.05) is 18.2 Å². The Labute approximate surface area is 164 Å². The van der Waals surface area contributed by atoms with E-state index in [9.17, 15) is 18.5 Å². The molecule has 1 aliphatic heterocycles. The van der Waals surface area contributed by atoms with Gasteiger partial charge in [-0.2, -0.15) is 4.31 Å². The number of rotatable bonds is 8. The molecule has 0 radical (unpaired) electrons. The number of nitrogens with zero attached hydrogens (tertiary/aromatic N) is 2. The first-order chi connectivity index (χ1) is 13.5. The standard InChI is InChI=1S/C19H23N3O5S/c23-22(24)17-7-9-19(10-8-17)28(25,26)21-14-12-20(13-15-21)11-4-16-27-18-5-2-1-3-6-18/h1-3,5-10H,4,11-16H2/p+1. The van der Waals surface area contributed by atoms with Crippen LogP contribution in [0, 0.1) is 10.1 Å². The molecule has 0 amide bonds. The second-order valence-electron chi connectivity index (χ2n) is 6.67. The third kappa shape index (κ3) is 5.06. The van der Waals surface area contributed by atoms with E-state index in [-0.39, 0.29) is 10.6 Å². The molecule has 0 bridgehead atoms. The van der Waals surface area contributed by atoms with Crippen molar-refractivity contribution in [2.24, 2.45) is 0 Å². The average molecular weight is 406 g/mol. The largest absolute Gasteiger partial charge is 0.493 e. The summed E-state index contributed by atoms with van der Waals surface area (Å²) in [6.45, 7) is 3.91. The van der Waals surface area contributed by atoms with Gasteiger partial charge in [0, 0.05) is 18.6 Å². The zero-order valence-electron chi connectivity index (χ0n) is 15.5. The highest BCUT2D eigenvalue weighted by Crippen LogP contribution is 2.19. The van der Waals surface area contributed by atoms with Gasteiger partial charge in [-0.05, 0) is 24.3 Å². The molecule has 150 valence electrons. The van der Waals surface area contributed by atoms with Gasteiger partial charge in [0.05, 0.1) is 49.1 Å². The number of nitrogens with one attached hydrogen (secondary N) is 1. The van der Waals surface area contributed by atoms with Gasteiger partial charge in [0.2, 0.25) is 10.0 Å². The molecule has 9 heteroatoms. The summed E-state index contributed by atoms with van der Waals surface area (Å²) in [6.07, 6.45) is 0.902. The van der Waals surface area contributed by atoms with Crippen LogP contribution < -0.4 is 9.64 Å². The number of hydrogen-bond donors (Lipinski definition) is 1. The molecule has 0 atom stereocenters. The number of piperazine rings is 1. The number of sulfonamides is 1. The minimum atomic E-state index is -3.62. The predicted molar refractivity (Wildman–Crippen MR) is 104 cm³/mol. The van der Waals surface area contributed by atoms with Crippen LogP contribution in [0.5, 0.6) is 5.75 Å². The Kier molecular flexibility index (Phi) is 6.61. The van der Waals surface area contributed by atoms with E-state index in [4.69, 9.17) is 4.74 Å². The van der Waals surface area contributed by atoms with Gasteiger partial charge in [-0.3, -0.25) is 10.1 Å². The number of ether oxygens (including phenoxy) is 1. The third-order valence-electron chi connectivity index (χ3n) is 4.80. The first kappa shape index (κ1) is 20.2. The van der Waals surface area contributed by atoms with Crippen LogP contribution >= 0.6 is 0 Å². The summed E-state index contributed by atoms with van der Waals surface area (Å²) in [5, 5.41) is 10.7. The smallest absolute Gasteiger partial charge is 0.269 e. The van der Waals surface area contributed by atoms with Crippen molar-refractivity contribution in [2.45, 2.75) is 11.3 Å². The van der Waals surface area contributed by atoms with Crippen LogP contribution in [0.25, 0.3) is 0 Å². The molecule has 0 unspecified atom stereocenters. The SMILES string of the molecule is O=[N+]([O-])c1ccc(S(=O)(=O)N2CC[NH+](CCCOc3ccccc3)CC2)cc1. The molecule has 1 aliphatic rings. The lowest BCUT2D eigenvalue weighted by Crippen LogP contribution is -3.14. The van der Waals surface area contributed by atoms with Crippen molar-refractivity contribution in [3.63, 3.8) is 0 Å². The van der Waals surface area contributed by atoms with E-state index in [0.29, 0.717) is 19.7 Å². The maximum absolute atomic E-state index is 12.7. The number of non-ortho nitro benzene ring substituents is 1. The first-order valence-corrected chi connectivity index (χ1v) is 10.7. The summed E-state index contributed by atoms with van der Waals surface area (Å²) in [6, 6.07) is 14.7. The molecule has 0 aliphatic carbocycles. The molecule has 1 heterocycles. The molecule has 1 N–H and O–H groups in total. The van der Waals surface area contributed by atoms with Crippen molar-refractivity contribution in [1.82, 2.24) is 4.31 Å². The lowest BCUT2D eigenvalue weighted by atomic mass is 10.3. The van der Waals surface area contributed by atoms with E-state index < -0.39 is 14.9 Å². The molecule has 0 aromatic heterocycles. The Bertz CT molecular complexity index is 880. The van der Waals surface area contributed by atoms with Crippen molar-refractivity contribution >= 4 is 15.7 Å². The van der Waals surface area contributed by atoms with E-state index in [1.807, 2.05) is 30.3 Å². The maximum Gasteiger partial charge on any atom is 0.269 e. The molecule has 3 rings (SSSR count). The normalized spacial score (nSPS) is 16.0. The van der Waals surface area contributed by atoms with Crippen LogP contribution in [-0.2, 0) is 10.0 Å². The number of nitro groups is 1. The average Bonchev–Trinajstić information content (AvgIpc) is 2.72. The lowest BCUT2D eigenvalue weighted by molar-refractivity contribution is -0.903. The minimum Gasteiger partial charge on any atom is -0.493 e. The van der Waals surface area contributed by atoms with E-state index >= 15 is 0 Å². The van der Waals surface area contributed by atoms with Crippen LogP contribution in [0.1, 0.15) is 6.42 Å². The Morgan fingerprint density at radius 3 is 2.29 bits per heavy atom. The van der Waals surface area contributed by atoms with Gasteiger partial charge in [0.15, 0.2) is 0 Å². The van der Waals surface area contributed by atoms with Crippen LogP contribution in [0.3, 0.4) is 0 Å². The van der Waals surface area contributed by atoms with E-state index in [1.54, 1.807) is 0 Å². The Balaban J connectivity index is 1.45. The topological polar surface area (TPSA) is 94.2 Å². The second-order valence-corrected chi connectivity index (χ2v) is 8.61. The van der Waals surface area contributed by atoms with Crippen LogP contribution in [0.15, 0.2) is 59.5 Å². The van der Waals surface area contributed by atoms with Crippen molar-refractivity contribution in [1.29, 1.82) is 0 Å². The first-order valence-electron chi connectivity index (χ1n) is 9.23. The zero-order valence-corrected chi connectivity index (χ0v) is 16.3. The Hall–Kier alpha value is -2.49. The number of nitro benzene ring substituents is 1. The monoisotopic (exact) mass is 406 g/mol. The third-order valence-corrected chi connectivity index (χ3v) is 6.71. The van der Waals surface area contributed by atoms with Gasteiger partial charge in [0.1, 0.15) is 5.75 Å². The molecule has 8 nitrogen and oxygen atoms in total. The number of para-hydroxylation sites is 1. The summed E-state index contributed by atoms with van der Waals surface area (Å²) in [5.41, 5.74) is -0.120. The maximum atomic E-state index is 12.7. The predicted octanol–water partition coefficient (Wildman–Crippen LogP) is 0.953. The number of benzene rings is 2. The van der Waals surface area contributed by atoms with Gasteiger partial charge >= 0.3 is 0 Å². The fourth-order valence-electron chi connectivity index (χ4n) is 3.21. The van der Waals surface area contributed by atoms with Crippen LogP contribution in [0.2, 0.25) is 0 Å². The highest BCUT2D eigenvalue weighted by atomic mass is 32.2. The lowest BCUT2D eigenvalue weighted by Gasteiger charge is -2.31. The second kappa shape index (κ2) is 9.13.